The van der Waals surface area contributed by atoms with Crippen LogP contribution in [0, 0.1) is 6.92 Å². The first-order valence-corrected chi connectivity index (χ1v) is 7.54. The summed E-state index contributed by atoms with van der Waals surface area (Å²) in [5, 5.41) is 9.97. The fraction of sp³-hybridized carbons (Fsp3) is 0.188. The first-order chi connectivity index (χ1) is 9.84. The normalized spacial score (nSPS) is 10.8. The number of thiophene rings is 1. The Morgan fingerprint density at radius 3 is 2.80 bits per heavy atom. The second-order valence-corrected chi connectivity index (χ2v) is 5.71. The van der Waals surface area contributed by atoms with E-state index in [2.05, 4.69) is 47.0 Å². The molecule has 0 atom stereocenters. The SMILES string of the molecule is Cc1ccsc1CNCc1ccccc1-n1cccn1. The van der Waals surface area contributed by atoms with Crippen LogP contribution in [0.4, 0.5) is 0 Å². The predicted molar refractivity (Wildman–Crippen MR) is 83.2 cm³/mol. The molecule has 0 aliphatic rings. The number of para-hydroxylation sites is 1. The lowest BCUT2D eigenvalue weighted by atomic mass is 10.1. The molecule has 2 aromatic heterocycles. The van der Waals surface area contributed by atoms with Crippen molar-refractivity contribution < 1.29 is 0 Å². The molecule has 0 fully saturated rings. The van der Waals surface area contributed by atoms with Gasteiger partial charge in [0.05, 0.1) is 5.69 Å². The van der Waals surface area contributed by atoms with E-state index in [0.29, 0.717) is 0 Å². The van der Waals surface area contributed by atoms with E-state index in [-0.39, 0.29) is 0 Å². The summed E-state index contributed by atoms with van der Waals surface area (Å²) in [4.78, 5) is 1.40. The lowest BCUT2D eigenvalue weighted by Gasteiger charge is -2.10. The minimum Gasteiger partial charge on any atom is -0.308 e. The molecule has 0 unspecified atom stereocenters. The van der Waals surface area contributed by atoms with Gasteiger partial charge in [-0.15, -0.1) is 11.3 Å². The van der Waals surface area contributed by atoms with Gasteiger partial charge in [-0.1, -0.05) is 18.2 Å². The molecule has 3 nitrogen and oxygen atoms in total. The quantitative estimate of drug-likeness (QED) is 0.776. The summed E-state index contributed by atoms with van der Waals surface area (Å²) >= 11 is 1.81. The molecule has 102 valence electrons. The molecule has 0 aliphatic carbocycles. The first kappa shape index (κ1) is 13.1. The molecule has 20 heavy (non-hydrogen) atoms. The number of rotatable bonds is 5. The van der Waals surface area contributed by atoms with Crippen LogP contribution in [0.3, 0.4) is 0 Å². The van der Waals surface area contributed by atoms with E-state index >= 15 is 0 Å². The van der Waals surface area contributed by atoms with Gasteiger partial charge >= 0.3 is 0 Å². The van der Waals surface area contributed by atoms with Gasteiger partial charge in [-0.3, -0.25) is 0 Å². The summed E-state index contributed by atoms with van der Waals surface area (Å²) in [5.41, 5.74) is 3.75. The van der Waals surface area contributed by atoms with Crippen molar-refractivity contribution in [1.29, 1.82) is 0 Å². The molecular weight excluding hydrogens is 266 g/mol. The van der Waals surface area contributed by atoms with Crippen molar-refractivity contribution in [2.75, 3.05) is 0 Å². The third kappa shape index (κ3) is 2.81. The van der Waals surface area contributed by atoms with E-state index in [1.54, 1.807) is 17.5 Å². The standard InChI is InChI=1S/C16H17N3S/c1-13-7-10-20-16(13)12-17-11-14-5-2-3-6-15(14)19-9-4-8-18-19/h2-10,17H,11-12H2,1H3. The van der Waals surface area contributed by atoms with Crippen molar-refractivity contribution in [2.24, 2.45) is 0 Å². The average Bonchev–Trinajstić information content (AvgIpc) is 3.12. The second kappa shape index (κ2) is 6.03. The number of nitrogens with one attached hydrogen (secondary N) is 1. The molecule has 0 saturated heterocycles. The van der Waals surface area contributed by atoms with E-state index in [1.165, 1.54) is 16.0 Å². The minimum absolute atomic E-state index is 0.841. The van der Waals surface area contributed by atoms with E-state index in [9.17, 15) is 0 Å². The van der Waals surface area contributed by atoms with Gasteiger partial charge in [0.2, 0.25) is 0 Å². The van der Waals surface area contributed by atoms with Crippen LogP contribution < -0.4 is 5.32 Å². The largest absolute Gasteiger partial charge is 0.308 e. The van der Waals surface area contributed by atoms with Crippen LogP contribution in [-0.4, -0.2) is 9.78 Å². The molecular formula is C16H17N3S. The van der Waals surface area contributed by atoms with E-state index in [4.69, 9.17) is 0 Å². The van der Waals surface area contributed by atoms with Crippen molar-refractivity contribution in [1.82, 2.24) is 15.1 Å². The van der Waals surface area contributed by atoms with Gasteiger partial charge < -0.3 is 5.32 Å². The summed E-state index contributed by atoms with van der Waals surface area (Å²) in [6.07, 6.45) is 3.78. The van der Waals surface area contributed by atoms with Crippen LogP contribution in [0.5, 0.6) is 0 Å². The highest BCUT2D eigenvalue weighted by molar-refractivity contribution is 7.10. The highest BCUT2D eigenvalue weighted by Crippen LogP contribution is 2.16. The number of aromatic nitrogens is 2. The van der Waals surface area contributed by atoms with Crippen LogP contribution in [0.15, 0.2) is 54.2 Å². The van der Waals surface area contributed by atoms with Gasteiger partial charge in [-0.2, -0.15) is 5.10 Å². The van der Waals surface area contributed by atoms with Crippen molar-refractivity contribution in [2.45, 2.75) is 20.0 Å². The van der Waals surface area contributed by atoms with Gasteiger partial charge in [-0.05, 0) is 41.6 Å². The molecule has 3 rings (SSSR count). The maximum atomic E-state index is 4.31. The Labute approximate surface area is 122 Å². The number of nitrogens with zero attached hydrogens (tertiary/aromatic N) is 2. The smallest absolute Gasteiger partial charge is 0.0690 e. The topological polar surface area (TPSA) is 29.9 Å². The zero-order chi connectivity index (χ0) is 13.8. The fourth-order valence-electron chi connectivity index (χ4n) is 2.19. The highest BCUT2D eigenvalue weighted by Gasteiger charge is 2.04. The molecule has 1 aromatic carbocycles. The zero-order valence-corrected chi connectivity index (χ0v) is 12.2. The van der Waals surface area contributed by atoms with E-state index < -0.39 is 0 Å². The molecule has 0 bridgehead atoms. The van der Waals surface area contributed by atoms with Crippen LogP contribution in [0.25, 0.3) is 5.69 Å². The van der Waals surface area contributed by atoms with Gasteiger partial charge in [0, 0.05) is 30.4 Å². The summed E-state index contributed by atoms with van der Waals surface area (Å²) in [6, 6.07) is 12.5. The Hall–Kier alpha value is -1.91. The van der Waals surface area contributed by atoms with Crippen molar-refractivity contribution >= 4 is 11.3 Å². The van der Waals surface area contributed by atoms with Crippen LogP contribution in [0.1, 0.15) is 16.0 Å². The molecule has 0 saturated carbocycles. The Balaban J connectivity index is 1.70. The molecule has 4 heteroatoms. The molecule has 1 N–H and O–H groups in total. The maximum Gasteiger partial charge on any atom is 0.0690 e. The van der Waals surface area contributed by atoms with Crippen LogP contribution in [0.2, 0.25) is 0 Å². The third-order valence-corrected chi connectivity index (χ3v) is 4.34. The Morgan fingerprint density at radius 1 is 1.15 bits per heavy atom. The minimum atomic E-state index is 0.841. The zero-order valence-electron chi connectivity index (χ0n) is 11.4. The van der Waals surface area contributed by atoms with Crippen LogP contribution >= 0.6 is 11.3 Å². The van der Waals surface area contributed by atoms with Gasteiger partial charge in [-0.25, -0.2) is 4.68 Å². The highest BCUT2D eigenvalue weighted by atomic mass is 32.1. The summed E-state index contributed by atoms with van der Waals surface area (Å²) < 4.78 is 1.91. The number of benzene rings is 1. The lowest BCUT2D eigenvalue weighted by molar-refractivity contribution is 0.691. The van der Waals surface area contributed by atoms with Crippen molar-refractivity contribution in [3.05, 3.63) is 70.2 Å². The van der Waals surface area contributed by atoms with Gasteiger partial charge in [0.1, 0.15) is 0 Å². The number of hydrogen-bond donors (Lipinski definition) is 1. The van der Waals surface area contributed by atoms with Crippen LogP contribution in [-0.2, 0) is 13.1 Å². The summed E-state index contributed by atoms with van der Waals surface area (Å²) in [7, 11) is 0. The number of aryl methyl sites for hydroxylation is 1. The molecule has 0 radical (unpaired) electrons. The molecule has 0 aliphatic heterocycles. The lowest BCUT2D eigenvalue weighted by Crippen LogP contribution is -2.14. The Bertz CT molecular complexity index is 671. The summed E-state index contributed by atoms with van der Waals surface area (Å²) in [6.45, 7) is 3.91. The molecule has 2 heterocycles. The first-order valence-electron chi connectivity index (χ1n) is 6.66. The average molecular weight is 283 g/mol. The summed E-state index contributed by atoms with van der Waals surface area (Å²) in [5.74, 6) is 0. The maximum absolute atomic E-state index is 4.31. The molecule has 0 spiro atoms. The second-order valence-electron chi connectivity index (χ2n) is 4.71. The fourth-order valence-corrected chi connectivity index (χ4v) is 3.07. The van der Waals surface area contributed by atoms with Crippen molar-refractivity contribution in [3.8, 4) is 5.69 Å². The Morgan fingerprint density at radius 2 is 2.05 bits per heavy atom. The monoisotopic (exact) mass is 283 g/mol. The Kier molecular flexibility index (Phi) is 3.95. The third-order valence-electron chi connectivity index (χ3n) is 3.31. The van der Waals surface area contributed by atoms with Gasteiger partial charge in [0.15, 0.2) is 0 Å². The number of hydrogen-bond acceptors (Lipinski definition) is 3. The van der Waals surface area contributed by atoms with E-state index in [0.717, 1.165) is 18.8 Å². The predicted octanol–water partition coefficient (Wildman–Crippen LogP) is 3.53. The van der Waals surface area contributed by atoms with E-state index in [1.807, 2.05) is 23.0 Å². The van der Waals surface area contributed by atoms with Gasteiger partial charge in [0.25, 0.3) is 0 Å². The van der Waals surface area contributed by atoms with Crippen molar-refractivity contribution in [3.63, 3.8) is 0 Å². The molecule has 3 aromatic rings. The molecule has 0 amide bonds.